The summed E-state index contributed by atoms with van der Waals surface area (Å²) in [7, 11) is 0. The Kier molecular flexibility index (Phi) is 4.18. The largest absolute Gasteiger partial charge is 0.444 e. The highest BCUT2D eigenvalue weighted by atomic mass is 79.9. The van der Waals surface area contributed by atoms with E-state index in [0.29, 0.717) is 15.5 Å². The molecule has 23 heavy (non-hydrogen) atoms. The van der Waals surface area contributed by atoms with Crippen LogP contribution in [0.15, 0.2) is 33.4 Å². The topological polar surface area (TPSA) is 84.2 Å². The third-order valence-corrected chi connectivity index (χ3v) is 4.37. The third-order valence-electron chi connectivity index (χ3n) is 3.02. The molecule has 118 valence electrons. The minimum Gasteiger partial charge on any atom is -0.444 e. The van der Waals surface area contributed by atoms with Crippen LogP contribution in [0.25, 0.3) is 10.2 Å². The van der Waals surface area contributed by atoms with E-state index in [-0.39, 0.29) is 17.6 Å². The van der Waals surface area contributed by atoms with Gasteiger partial charge in [0.2, 0.25) is 5.91 Å². The molecule has 0 fully saturated rings. The first-order valence-corrected chi connectivity index (χ1v) is 8.29. The lowest BCUT2D eigenvalue weighted by Crippen LogP contribution is -2.10. The number of carbonyl (C=O) groups excluding carboxylic acids is 2. The molecule has 0 bridgehead atoms. The molecule has 3 aromatic rings. The summed E-state index contributed by atoms with van der Waals surface area (Å²) < 4.78 is 6.61. The maximum absolute atomic E-state index is 12.1. The average molecular weight is 394 g/mol. The van der Waals surface area contributed by atoms with E-state index in [1.54, 1.807) is 12.1 Å². The molecule has 6 nitrogen and oxygen atoms in total. The normalized spacial score (nSPS) is 10.7. The molecule has 2 N–H and O–H groups in total. The van der Waals surface area contributed by atoms with E-state index < -0.39 is 0 Å². The number of nitrogens with zero attached hydrogens (tertiary/aromatic N) is 1. The first kappa shape index (κ1) is 15.7. The SMILES string of the molecule is CC(=O)Nc1nc2c(C)cc(NC(=O)c3ccc(Br)o3)cc2s1. The smallest absolute Gasteiger partial charge is 0.291 e. The average Bonchev–Trinajstić information content (AvgIpc) is 3.04. The van der Waals surface area contributed by atoms with Crippen LogP contribution in [-0.4, -0.2) is 16.8 Å². The number of aromatic nitrogens is 1. The molecular formula is C15H12BrN3O3S. The minimum absolute atomic E-state index is 0.168. The van der Waals surface area contributed by atoms with Crippen LogP contribution in [-0.2, 0) is 4.79 Å². The second-order valence-corrected chi connectivity index (χ2v) is 6.71. The molecule has 1 aromatic carbocycles. The van der Waals surface area contributed by atoms with Gasteiger partial charge >= 0.3 is 0 Å². The van der Waals surface area contributed by atoms with Crippen LogP contribution in [0.3, 0.4) is 0 Å². The van der Waals surface area contributed by atoms with Gasteiger partial charge in [0, 0.05) is 12.6 Å². The monoisotopic (exact) mass is 393 g/mol. The predicted molar refractivity (Wildman–Crippen MR) is 93.0 cm³/mol. The minimum atomic E-state index is -0.332. The Hall–Kier alpha value is -2.19. The van der Waals surface area contributed by atoms with Crippen LogP contribution in [0.4, 0.5) is 10.8 Å². The van der Waals surface area contributed by atoms with Gasteiger partial charge in [-0.2, -0.15) is 0 Å². The van der Waals surface area contributed by atoms with Crippen molar-refractivity contribution in [2.45, 2.75) is 13.8 Å². The number of rotatable bonds is 3. The Morgan fingerprint density at radius 2 is 2.04 bits per heavy atom. The summed E-state index contributed by atoms with van der Waals surface area (Å²) >= 11 is 4.52. The number of hydrogen-bond donors (Lipinski definition) is 2. The number of halogens is 1. The molecule has 0 aliphatic carbocycles. The number of amides is 2. The van der Waals surface area contributed by atoms with Crippen LogP contribution in [0.5, 0.6) is 0 Å². The highest BCUT2D eigenvalue weighted by molar-refractivity contribution is 9.10. The van der Waals surface area contributed by atoms with Crippen molar-refractivity contribution in [1.29, 1.82) is 0 Å². The van der Waals surface area contributed by atoms with Crippen molar-refractivity contribution in [3.63, 3.8) is 0 Å². The quantitative estimate of drug-likeness (QED) is 0.698. The second kappa shape index (κ2) is 6.13. The van der Waals surface area contributed by atoms with Gasteiger partial charge in [-0.1, -0.05) is 11.3 Å². The number of carbonyl (C=O) groups is 2. The first-order chi connectivity index (χ1) is 10.9. The van der Waals surface area contributed by atoms with Crippen LogP contribution in [0.1, 0.15) is 23.0 Å². The lowest BCUT2D eigenvalue weighted by atomic mass is 10.2. The van der Waals surface area contributed by atoms with Crippen molar-refractivity contribution in [1.82, 2.24) is 4.98 Å². The van der Waals surface area contributed by atoms with E-state index >= 15 is 0 Å². The highest BCUT2D eigenvalue weighted by Crippen LogP contribution is 2.31. The molecule has 0 saturated heterocycles. The molecule has 0 unspecified atom stereocenters. The van der Waals surface area contributed by atoms with Gasteiger partial charge in [0.1, 0.15) is 0 Å². The Bertz CT molecular complexity index is 916. The molecule has 2 amide bonds. The van der Waals surface area contributed by atoms with E-state index in [1.165, 1.54) is 18.3 Å². The van der Waals surface area contributed by atoms with Crippen LogP contribution < -0.4 is 10.6 Å². The lowest BCUT2D eigenvalue weighted by molar-refractivity contribution is -0.114. The van der Waals surface area contributed by atoms with Gasteiger partial charge in [-0.3, -0.25) is 9.59 Å². The summed E-state index contributed by atoms with van der Waals surface area (Å²) in [6.45, 7) is 3.34. The molecule has 0 aliphatic heterocycles. The number of benzene rings is 1. The summed E-state index contributed by atoms with van der Waals surface area (Å²) in [5, 5.41) is 6.00. The molecule has 2 heterocycles. The van der Waals surface area contributed by atoms with E-state index in [0.717, 1.165) is 15.8 Å². The fraction of sp³-hybridized carbons (Fsp3) is 0.133. The van der Waals surface area contributed by atoms with Crippen molar-refractivity contribution >= 4 is 60.1 Å². The molecule has 2 aromatic heterocycles. The van der Waals surface area contributed by atoms with Crippen molar-refractivity contribution in [2.24, 2.45) is 0 Å². The number of fused-ring (bicyclic) bond motifs is 1. The van der Waals surface area contributed by atoms with Gasteiger partial charge in [0.05, 0.1) is 10.2 Å². The fourth-order valence-electron chi connectivity index (χ4n) is 2.10. The van der Waals surface area contributed by atoms with Crippen LogP contribution in [0, 0.1) is 6.92 Å². The second-order valence-electron chi connectivity index (χ2n) is 4.90. The molecule has 0 aliphatic rings. The van der Waals surface area contributed by atoms with Gasteiger partial charge in [-0.15, -0.1) is 0 Å². The third kappa shape index (κ3) is 3.43. The van der Waals surface area contributed by atoms with Gasteiger partial charge in [0.25, 0.3) is 5.91 Å². The van der Waals surface area contributed by atoms with Crippen molar-refractivity contribution in [3.8, 4) is 0 Å². The van der Waals surface area contributed by atoms with Crippen molar-refractivity contribution in [2.75, 3.05) is 10.6 Å². The van der Waals surface area contributed by atoms with Crippen molar-refractivity contribution in [3.05, 3.63) is 40.3 Å². The Morgan fingerprint density at radius 1 is 1.26 bits per heavy atom. The first-order valence-electron chi connectivity index (χ1n) is 6.68. The molecule has 8 heteroatoms. The van der Waals surface area contributed by atoms with Gasteiger partial charge in [-0.25, -0.2) is 4.98 Å². The zero-order valence-electron chi connectivity index (χ0n) is 12.3. The van der Waals surface area contributed by atoms with Crippen LogP contribution in [0.2, 0.25) is 0 Å². The van der Waals surface area contributed by atoms with Crippen LogP contribution >= 0.6 is 27.3 Å². The molecule has 3 rings (SSSR count). The van der Waals surface area contributed by atoms with Gasteiger partial charge in [-0.05, 0) is 52.7 Å². The van der Waals surface area contributed by atoms with Crippen molar-refractivity contribution < 1.29 is 14.0 Å². The molecular weight excluding hydrogens is 382 g/mol. The van der Waals surface area contributed by atoms with E-state index in [2.05, 4.69) is 31.5 Å². The standard InChI is InChI=1S/C15H12BrN3O3S/c1-7-5-9(18-14(21)10-3-4-12(16)22-10)6-11-13(7)19-15(23-11)17-8(2)20/h3-6H,1-2H3,(H,18,21)(H,17,19,20). The summed E-state index contributed by atoms with van der Waals surface area (Å²) in [5.41, 5.74) is 2.36. The number of nitrogens with one attached hydrogen (secondary N) is 2. The van der Waals surface area contributed by atoms with Gasteiger partial charge < -0.3 is 15.1 Å². The number of anilines is 2. The number of furan rings is 1. The Balaban J connectivity index is 1.89. The Morgan fingerprint density at radius 3 is 2.70 bits per heavy atom. The highest BCUT2D eigenvalue weighted by Gasteiger charge is 2.13. The number of thiazole rings is 1. The molecule has 0 spiro atoms. The fourth-order valence-corrected chi connectivity index (χ4v) is 3.44. The zero-order valence-corrected chi connectivity index (χ0v) is 14.7. The lowest BCUT2D eigenvalue weighted by Gasteiger charge is -2.04. The summed E-state index contributed by atoms with van der Waals surface area (Å²) in [4.78, 5) is 27.6. The zero-order chi connectivity index (χ0) is 16.6. The van der Waals surface area contributed by atoms with E-state index in [1.807, 2.05) is 19.1 Å². The maximum Gasteiger partial charge on any atom is 0.291 e. The summed E-state index contributed by atoms with van der Waals surface area (Å²) in [6.07, 6.45) is 0. The number of aryl methyl sites for hydroxylation is 1. The number of hydrogen-bond acceptors (Lipinski definition) is 5. The van der Waals surface area contributed by atoms with E-state index in [4.69, 9.17) is 4.42 Å². The predicted octanol–water partition coefficient (Wildman–Crippen LogP) is 4.17. The van der Waals surface area contributed by atoms with Gasteiger partial charge in [0.15, 0.2) is 15.6 Å². The summed E-state index contributed by atoms with van der Waals surface area (Å²) in [6, 6.07) is 6.90. The molecule has 0 radical (unpaired) electrons. The Labute approximate surface area is 144 Å². The maximum atomic E-state index is 12.1. The summed E-state index contributed by atoms with van der Waals surface area (Å²) in [5.74, 6) is -0.280. The molecule has 0 atom stereocenters. The van der Waals surface area contributed by atoms with E-state index in [9.17, 15) is 9.59 Å². The molecule has 0 saturated carbocycles.